The molecular formula is C10H11BrO3S. The van der Waals surface area contributed by atoms with E-state index in [1.54, 1.807) is 12.1 Å². The minimum absolute atomic E-state index is 0.0631. The number of sulfone groups is 1. The van der Waals surface area contributed by atoms with Gasteiger partial charge >= 0.3 is 0 Å². The molecule has 0 heterocycles. The van der Waals surface area contributed by atoms with Crippen LogP contribution in [0.25, 0.3) is 0 Å². The summed E-state index contributed by atoms with van der Waals surface area (Å²) >= 11 is 3.25. The fraction of sp³-hybridized carbons (Fsp3) is 0.300. The van der Waals surface area contributed by atoms with Gasteiger partial charge in [0.25, 0.3) is 0 Å². The third kappa shape index (κ3) is 3.14. The first-order valence-corrected chi connectivity index (χ1v) is 6.97. The van der Waals surface area contributed by atoms with E-state index in [0.29, 0.717) is 10.0 Å². The highest BCUT2D eigenvalue weighted by molar-refractivity contribution is 9.10. The SMILES string of the molecule is CC(=O)Cc1c(Br)cccc1S(C)(=O)=O. The summed E-state index contributed by atoms with van der Waals surface area (Å²) in [5.41, 5.74) is 0.535. The fourth-order valence-corrected chi connectivity index (χ4v) is 2.90. The smallest absolute Gasteiger partial charge is 0.175 e. The Kier molecular flexibility index (Phi) is 3.67. The van der Waals surface area contributed by atoms with Crippen LogP contribution in [0.4, 0.5) is 0 Å². The van der Waals surface area contributed by atoms with Crippen molar-refractivity contribution in [3.05, 3.63) is 28.2 Å². The number of carbonyl (C=O) groups excluding carboxylic acids is 1. The second-order valence-electron chi connectivity index (χ2n) is 3.37. The normalized spacial score (nSPS) is 11.4. The summed E-state index contributed by atoms with van der Waals surface area (Å²) in [7, 11) is -3.28. The lowest BCUT2D eigenvalue weighted by Crippen LogP contribution is -2.06. The second kappa shape index (κ2) is 4.45. The molecule has 0 saturated carbocycles. The zero-order valence-electron chi connectivity index (χ0n) is 8.45. The number of hydrogen-bond donors (Lipinski definition) is 0. The van der Waals surface area contributed by atoms with Crippen LogP contribution in [0.1, 0.15) is 12.5 Å². The number of halogens is 1. The van der Waals surface area contributed by atoms with Crippen molar-refractivity contribution < 1.29 is 13.2 Å². The van der Waals surface area contributed by atoms with Crippen LogP contribution < -0.4 is 0 Å². The summed E-state index contributed by atoms with van der Waals surface area (Å²) in [5, 5.41) is 0. The summed E-state index contributed by atoms with van der Waals surface area (Å²) in [5.74, 6) is -0.0631. The Bertz CT molecular complexity index is 491. The van der Waals surface area contributed by atoms with Gasteiger partial charge in [-0.25, -0.2) is 8.42 Å². The fourth-order valence-electron chi connectivity index (χ4n) is 1.31. The molecule has 15 heavy (non-hydrogen) atoms. The molecule has 0 spiro atoms. The first-order valence-electron chi connectivity index (χ1n) is 4.29. The summed E-state index contributed by atoms with van der Waals surface area (Å²) in [6, 6.07) is 4.88. The van der Waals surface area contributed by atoms with Crippen molar-refractivity contribution in [2.24, 2.45) is 0 Å². The molecule has 1 aromatic carbocycles. The van der Waals surface area contributed by atoms with Gasteiger partial charge in [-0.1, -0.05) is 22.0 Å². The quantitative estimate of drug-likeness (QED) is 0.855. The Morgan fingerprint density at radius 2 is 2.00 bits per heavy atom. The van der Waals surface area contributed by atoms with Crippen molar-refractivity contribution >= 4 is 31.6 Å². The maximum Gasteiger partial charge on any atom is 0.175 e. The van der Waals surface area contributed by atoms with Crippen molar-refractivity contribution in [3.63, 3.8) is 0 Å². The van der Waals surface area contributed by atoms with Gasteiger partial charge in [-0.15, -0.1) is 0 Å². The Morgan fingerprint density at radius 1 is 1.40 bits per heavy atom. The van der Waals surface area contributed by atoms with Gasteiger partial charge in [0.05, 0.1) is 4.90 Å². The first kappa shape index (κ1) is 12.4. The highest BCUT2D eigenvalue weighted by atomic mass is 79.9. The van der Waals surface area contributed by atoms with Crippen LogP contribution in [-0.4, -0.2) is 20.5 Å². The van der Waals surface area contributed by atoms with Gasteiger partial charge in [-0.05, 0) is 24.6 Å². The zero-order chi connectivity index (χ0) is 11.6. The molecule has 0 N–H and O–H groups in total. The number of rotatable bonds is 3. The number of carbonyl (C=O) groups is 1. The molecule has 1 rings (SSSR count). The van der Waals surface area contributed by atoms with Gasteiger partial charge in [0.1, 0.15) is 5.78 Å². The standard InChI is InChI=1S/C10H11BrO3S/c1-7(12)6-8-9(11)4-3-5-10(8)15(2,13)14/h3-5H,6H2,1-2H3. The van der Waals surface area contributed by atoms with Crippen molar-refractivity contribution in [3.8, 4) is 0 Å². The van der Waals surface area contributed by atoms with Crippen molar-refractivity contribution in [1.29, 1.82) is 0 Å². The summed E-state index contributed by atoms with van der Waals surface area (Å²) in [4.78, 5) is 11.2. The molecule has 1 aromatic rings. The third-order valence-corrected chi connectivity index (χ3v) is 3.83. The summed E-state index contributed by atoms with van der Waals surface area (Å²) in [6.45, 7) is 1.44. The van der Waals surface area contributed by atoms with Crippen molar-refractivity contribution in [2.75, 3.05) is 6.26 Å². The minimum Gasteiger partial charge on any atom is -0.300 e. The Balaban J connectivity index is 3.40. The molecule has 0 atom stereocenters. The molecular weight excluding hydrogens is 280 g/mol. The van der Waals surface area contributed by atoms with Gasteiger partial charge in [-0.2, -0.15) is 0 Å². The minimum atomic E-state index is -3.28. The van der Waals surface area contributed by atoms with E-state index in [9.17, 15) is 13.2 Å². The molecule has 0 bridgehead atoms. The molecule has 0 aromatic heterocycles. The average Bonchev–Trinajstić information content (AvgIpc) is 2.05. The average molecular weight is 291 g/mol. The highest BCUT2D eigenvalue weighted by Crippen LogP contribution is 2.24. The van der Waals surface area contributed by atoms with Gasteiger partial charge in [0.15, 0.2) is 9.84 Å². The van der Waals surface area contributed by atoms with E-state index < -0.39 is 9.84 Å². The molecule has 82 valence electrons. The van der Waals surface area contributed by atoms with Crippen molar-refractivity contribution in [1.82, 2.24) is 0 Å². The van der Waals surface area contributed by atoms with Crippen LogP contribution in [0, 0.1) is 0 Å². The number of ketones is 1. The zero-order valence-corrected chi connectivity index (χ0v) is 10.9. The molecule has 0 amide bonds. The molecule has 5 heteroatoms. The number of Topliss-reactive ketones (excluding diaryl/α,β-unsaturated/α-hetero) is 1. The first-order chi connectivity index (χ1) is 6.82. The van der Waals surface area contributed by atoms with Crippen LogP contribution >= 0.6 is 15.9 Å². The largest absolute Gasteiger partial charge is 0.300 e. The maximum absolute atomic E-state index is 11.5. The van der Waals surface area contributed by atoms with E-state index in [2.05, 4.69) is 15.9 Å². The van der Waals surface area contributed by atoms with Crippen molar-refractivity contribution in [2.45, 2.75) is 18.2 Å². The van der Waals surface area contributed by atoms with E-state index in [1.807, 2.05) is 0 Å². The Labute approximate surface area is 97.5 Å². The molecule has 0 aliphatic carbocycles. The monoisotopic (exact) mass is 290 g/mol. The maximum atomic E-state index is 11.5. The predicted molar refractivity (Wildman–Crippen MR) is 61.6 cm³/mol. The highest BCUT2D eigenvalue weighted by Gasteiger charge is 2.16. The van der Waals surface area contributed by atoms with Gasteiger partial charge in [-0.3, -0.25) is 4.79 Å². The van der Waals surface area contributed by atoms with Crippen LogP contribution in [0.5, 0.6) is 0 Å². The summed E-state index contributed by atoms with van der Waals surface area (Å²) in [6.07, 6.45) is 1.27. The molecule has 3 nitrogen and oxygen atoms in total. The summed E-state index contributed by atoms with van der Waals surface area (Å²) < 4.78 is 23.6. The molecule has 0 aliphatic heterocycles. The van der Waals surface area contributed by atoms with E-state index >= 15 is 0 Å². The third-order valence-electron chi connectivity index (χ3n) is 1.90. The molecule has 0 radical (unpaired) electrons. The van der Waals surface area contributed by atoms with Gasteiger partial charge in [0, 0.05) is 17.1 Å². The molecule has 0 aliphatic rings. The molecule has 0 saturated heterocycles. The topological polar surface area (TPSA) is 51.2 Å². The number of benzene rings is 1. The van der Waals surface area contributed by atoms with E-state index in [1.165, 1.54) is 13.0 Å². The van der Waals surface area contributed by atoms with Crippen LogP contribution in [0.3, 0.4) is 0 Å². The molecule has 0 fully saturated rings. The van der Waals surface area contributed by atoms with Gasteiger partial charge in [0.2, 0.25) is 0 Å². The number of hydrogen-bond acceptors (Lipinski definition) is 3. The lowest BCUT2D eigenvalue weighted by Gasteiger charge is -2.08. The van der Waals surface area contributed by atoms with Crippen LogP contribution in [-0.2, 0) is 21.1 Å². The predicted octanol–water partition coefficient (Wildman–Crippen LogP) is 1.98. The lowest BCUT2D eigenvalue weighted by molar-refractivity contribution is -0.116. The Morgan fingerprint density at radius 3 is 2.47 bits per heavy atom. The second-order valence-corrected chi connectivity index (χ2v) is 6.21. The lowest BCUT2D eigenvalue weighted by atomic mass is 10.1. The van der Waals surface area contributed by atoms with Crippen LogP contribution in [0.15, 0.2) is 27.6 Å². The molecule has 0 unspecified atom stereocenters. The van der Waals surface area contributed by atoms with E-state index in [0.717, 1.165) is 6.26 Å². The van der Waals surface area contributed by atoms with Crippen LogP contribution in [0.2, 0.25) is 0 Å². The van der Waals surface area contributed by atoms with E-state index in [4.69, 9.17) is 0 Å². The van der Waals surface area contributed by atoms with Gasteiger partial charge < -0.3 is 0 Å². The van der Waals surface area contributed by atoms with E-state index in [-0.39, 0.29) is 17.1 Å². The Hall–Kier alpha value is -0.680.